The van der Waals surface area contributed by atoms with E-state index in [-0.39, 0.29) is 12.5 Å². The summed E-state index contributed by atoms with van der Waals surface area (Å²) in [5.74, 6) is 1.24. The Bertz CT molecular complexity index is 463. The zero-order chi connectivity index (χ0) is 15.5. The van der Waals surface area contributed by atoms with Crippen LogP contribution in [0.15, 0.2) is 24.3 Å². The molecular formula is C16H23N3O2. The summed E-state index contributed by atoms with van der Waals surface area (Å²) in [5, 5.41) is 14.5. The molecule has 1 amide bonds. The molecule has 0 bridgehead atoms. The first-order valence-electron chi connectivity index (χ1n) is 7.18. The number of rotatable bonds is 9. The molecule has 0 saturated carbocycles. The summed E-state index contributed by atoms with van der Waals surface area (Å²) in [6.07, 6.45) is 0.482. The molecule has 0 aliphatic rings. The second kappa shape index (κ2) is 9.78. The predicted molar refractivity (Wildman–Crippen MR) is 81.7 cm³/mol. The van der Waals surface area contributed by atoms with Crippen LogP contribution in [-0.4, -0.2) is 25.6 Å². The van der Waals surface area contributed by atoms with Crippen molar-refractivity contribution in [1.82, 2.24) is 10.6 Å². The summed E-state index contributed by atoms with van der Waals surface area (Å²) >= 11 is 0. The lowest BCUT2D eigenvalue weighted by Gasteiger charge is -2.08. The van der Waals surface area contributed by atoms with Gasteiger partial charge in [0.1, 0.15) is 11.8 Å². The van der Waals surface area contributed by atoms with E-state index >= 15 is 0 Å². The Morgan fingerprint density at radius 2 is 2.05 bits per heavy atom. The Morgan fingerprint density at radius 1 is 1.33 bits per heavy atom. The summed E-state index contributed by atoms with van der Waals surface area (Å²) in [6.45, 7) is 6.28. The molecule has 0 heterocycles. The minimum Gasteiger partial charge on any atom is -0.479 e. The van der Waals surface area contributed by atoms with E-state index in [0.29, 0.717) is 31.2 Å². The van der Waals surface area contributed by atoms with E-state index in [4.69, 9.17) is 10.00 Å². The summed E-state index contributed by atoms with van der Waals surface area (Å²) in [4.78, 5) is 11.5. The van der Waals surface area contributed by atoms with E-state index in [1.165, 1.54) is 0 Å². The second-order valence-electron chi connectivity index (χ2n) is 5.22. The SMILES string of the molecule is CC(C)CNC(=O)CCNCc1ccc(OCC#N)cc1. The Labute approximate surface area is 126 Å². The molecule has 2 N–H and O–H groups in total. The second-order valence-corrected chi connectivity index (χ2v) is 5.22. The van der Waals surface area contributed by atoms with Crippen molar-refractivity contribution in [3.63, 3.8) is 0 Å². The van der Waals surface area contributed by atoms with Gasteiger partial charge in [-0.15, -0.1) is 0 Å². The van der Waals surface area contributed by atoms with Crippen LogP contribution < -0.4 is 15.4 Å². The largest absolute Gasteiger partial charge is 0.479 e. The standard InChI is InChI=1S/C16H23N3O2/c1-13(2)11-19-16(20)7-9-18-12-14-3-5-15(6-4-14)21-10-8-17/h3-6,13,18H,7,9-12H2,1-2H3,(H,19,20). The van der Waals surface area contributed by atoms with Crippen LogP contribution in [0.1, 0.15) is 25.8 Å². The fraction of sp³-hybridized carbons (Fsp3) is 0.500. The van der Waals surface area contributed by atoms with Crippen molar-refractivity contribution in [2.45, 2.75) is 26.8 Å². The lowest BCUT2D eigenvalue weighted by atomic mass is 10.2. The van der Waals surface area contributed by atoms with E-state index in [0.717, 1.165) is 12.1 Å². The molecule has 0 atom stereocenters. The molecule has 1 rings (SSSR count). The highest BCUT2D eigenvalue weighted by Gasteiger charge is 2.02. The van der Waals surface area contributed by atoms with E-state index < -0.39 is 0 Å². The maximum Gasteiger partial charge on any atom is 0.221 e. The summed E-state index contributed by atoms with van der Waals surface area (Å²) < 4.78 is 5.18. The highest BCUT2D eigenvalue weighted by Crippen LogP contribution is 2.11. The Hall–Kier alpha value is -2.06. The minimum absolute atomic E-state index is 0.0586. The van der Waals surface area contributed by atoms with Crippen LogP contribution in [0.4, 0.5) is 0 Å². The van der Waals surface area contributed by atoms with Gasteiger partial charge in [-0.2, -0.15) is 5.26 Å². The first kappa shape index (κ1) is 17.0. The van der Waals surface area contributed by atoms with Crippen LogP contribution in [0.5, 0.6) is 5.75 Å². The van der Waals surface area contributed by atoms with Crippen LogP contribution in [0.25, 0.3) is 0 Å². The number of benzene rings is 1. The van der Waals surface area contributed by atoms with E-state index in [2.05, 4.69) is 24.5 Å². The predicted octanol–water partition coefficient (Wildman–Crippen LogP) is 1.84. The average molecular weight is 289 g/mol. The molecular weight excluding hydrogens is 266 g/mol. The first-order valence-corrected chi connectivity index (χ1v) is 7.18. The molecule has 0 saturated heterocycles. The van der Waals surface area contributed by atoms with Crippen LogP contribution in [-0.2, 0) is 11.3 Å². The topological polar surface area (TPSA) is 74.2 Å². The third-order valence-electron chi connectivity index (χ3n) is 2.79. The molecule has 0 unspecified atom stereocenters. The van der Waals surface area contributed by atoms with Gasteiger partial charge in [-0.3, -0.25) is 4.79 Å². The van der Waals surface area contributed by atoms with Crippen LogP contribution in [0.3, 0.4) is 0 Å². The zero-order valence-electron chi connectivity index (χ0n) is 12.7. The van der Waals surface area contributed by atoms with E-state index in [1.54, 1.807) is 0 Å². The Kier molecular flexibility index (Phi) is 7.92. The quantitative estimate of drug-likeness (QED) is 0.680. The Morgan fingerprint density at radius 3 is 2.67 bits per heavy atom. The molecule has 0 aromatic heterocycles. The van der Waals surface area contributed by atoms with Crippen LogP contribution >= 0.6 is 0 Å². The molecule has 5 nitrogen and oxygen atoms in total. The smallest absolute Gasteiger partial charge is 0.221 e. The molecule has 21 heavy (non-hydrogen) atoms. The van der Waals surface area contributed by atoms with E-state index in [9.17, 15) is 4.79 Å². The van der Waals surface area contributed by atoms with Crippen LogP contribution in [0.2, 0.25) is 0 Å². The first-order chi connectivity index (χ1) is 10.1. The summed E-state index contributed by atoms with van der Waals surface area (Å²) in [7, 11) is 0. The fourth-order valence-corrected chi connectivity index (χ4v) is 1.66. The van der Waals surface area contributed by atoms with Gasteiger partial charge in [-0.1, -0.05) is 26.0 Å². The van der Waals surface area contributed by atoms with Crippen molar-refractivity contribution in [3.05, 3.63) is 29.8 Å². The average Bonchev–Trinajstić information content (AvgIpc) is 2.48. The molecule has 114 valence electrons. The number of carbonyl (C=O) groups excluding carboxylic acids is 1. The van der Waals surface area contributed by atoms with Gasteiger partial charge in [0.2, 0.25) is 5.91 Å². The number of nitrogens with one attached hydrogen (secondary N) is 2. The van der Waals surface area contributed by atoms with Crippen molar-refractivity contribution in [1.29, 1.82) is 5.26 Å². The monoisotopic (exact) mass is 289 g/mol. The lowest BCUT2D eigenvalue weighted by Crippen LogP contribution is -2.30. The summed E-state index contributed by atoms with van der Waals surface area (Å²) in [5.41, 5.74) is 1.11. The fourth-order valence-electron chi connectivity index (χ4n) is 1.66. The number of ether oxygens (including phenoxy) is 1. The summed E-state index contributed by atoms with van der Waals surface area (Å²) in [6, 6.07) is 9.49. The number of hydrogen-bond donors (Lipinski definition) is 2. The third kappa shape index (κ3) is 7.95. The molecule has 0 aliphatic carbocycles. The van der Waals surface area contributed by atoms with Gasteiger partial charge in [0.05, 0.1) is 0 Å². The van der Waals surface area contributed by atoms with Gasteiger partial charge in [-0.05, 0) is 23.6 Å². The molecule has 1 aromatic rings. The van der Waals surface area contributed by atoms with Crippen molar-refractivity contribution >= 4 is 5.91 Å². The molecule has 0 fully saturated rings. The number of amides is 1. The van der Waals surface area contributed by atoms with E-state index in [1.807, 2.05) is 30.3 Å². The number of nitrogens with zero attached hydrogens (tertiary/aromatic N) is 1. The molecule has 5 heteroatoms. The van der Waals surface area contributed by atoms with Crippen LogP contribution in [0, 0.1) is 17.2 Å². The van der Waals surface area contributed by atoms with Gasteiger partial charge in [-0.25, -0.2) is 0 Å². The Balaban J connectivity index is 2.18. The van der Waals surface area contributed by atoms with Gasteiger partial charge in [0.25, 0.3) is 0 Å². The zero-order valence-corrected chi connectivity index (χ0v) is 12.7. The van der Waals surface area contributed by atoms with Gasteiger partial charge in [0.15, 0.2) is 6.61 Å². The maximum absolute atomic E-state index is 11.5. The van der Waals surface area contributed by atoms with Crippen molar-refractivity contribution in [2.75, 3.05) is 19.7 Å². The van der Waals surface area contributed by atoms with Crippen molar-refractivity contribution < 1.29 is 9.53 Å². The normalized spacial score (nSPS) is 10.2. The van der Waals surface area contributed by atoms with Crippen molar-refractivity contribution in [2.24, 2.45) is 5.92 Å². The third-order valence-corrected chi connectivity index (χ3v) is 2.79. The molecule has 0 aliphatic heterocycles. The highest BCUT2D eigenvalue weighted by atomic mass is 16.5. The van der Waals surface area contributed by atoms with Gasteiger partial charge in [0, 0.05) is 26.1 Å². The lowest BCUT2D eigenvalue weighted by molar-refractivity contribution is -0.121. The van der Waals surface area contributed by atoms with Gasteiger partial charge < -0.3 is 15.4 Å². The number of nitriles is 1. The van der Waals surface area contributed by atoms with Gasteiger partial charge >= 0.3 is 0 Å². The maximum atomic E-state index is 11.5. The molecule has 0 spiro atoms. The minimum atomic E-state index is 0.0586. The molecule has 1 aromatic carbocycles. The highest BCUT2D eigenvalue weighted by molar-refractivity contribution is 5.76. The number of carbonyl (C=O) groups is 1. The molecule has 0 radical (unpaired) electrons. The number of hydrogen-bond acceptors (Lipinski definition) is 4. The van der Waals surface area contributed by atoms with Crippen molar-refractivity contribution in [3.8, 4) is 11.8 Å².